The van der Waals surface area contributed by atoms with E-state index in [9.17, 15) is 13.6 Å². The molecule has 0 unspecified atom stereocenters. The van der Waals surface area contributed by atoms with Crippen LogP contribution in [0.2, 0.25) is 10.0 Å². The maximum Gasteiger partial charge on any atom is 0.258 e. The van der Waals surface area contributed by atoms with Gasteiger partial charge in [0, 0.05) is 6.07 Å². The molecular weight excluding hydrogens is 309 g/mol. The second kappa shape index (κ2) is 5.64. The van der Waals surface area contributed by atoms with Crippen LogP contribution in [0.3, 0.4) is 0 Å². The molecule has 0 radical (unpaired) electrons. The molecule has 0 heterocycles. The van der Waals surface area contributed by atoms with Crippen molar-refractivity contribution in [2.75, 3.05) is 11.1 Å². The molecule has 0 aromatic heterocycles. The van der Waals surface area contributed by atoms with Crippen LogP contribution < -0.4 is 11.1 Å². The van der Waals surface area contributed by atoms with Gasteiger partial charge in [-0.3, -0.25) is 4.79 Å². The standard InChI is InChI=1S/C13H8Cl2F2N2O/c14-6-2-1-3-7(15)12(6)13(20)19-11-5-10(18)8(16)4-9(11)17/h1-5H,18H2,(H,19,20). The van der Waals surface area contributed by atoms with Crippen LogP contribution in [-0.2, 0) is 0 Å². The van der Waals surface area contributed by atoms with Crippen molar-refractivity contribution in [1.29, 1.82) is 0 Å². The third kappa shape index (κ3) is 2.84. The topological polar surface area (TPSA) is 55.1 Å². The van der Waals surface area contributed by atoms with Gasteiger partial charge in [0.05, 0.1) is 27.0 Å². The average molecular weight is 317 g/mol. The third-order valence-corrected chi connectivity index (χ3v) is 3.15. The van der Waals surface area contributed by atoms with Gasteiger partial charge >= 0.3 is 0 Å². The first-order valence-corrected chi connectivity index (χ1v) is 6.15. The highest BCUT2D eigenvalue weighted by Gasteiger charge is 2.17. The fourth-order valence-corrected chi connectivity index (χ4v) is 2.13. The number of carbonyl (C=O) groups is 1. The molecule has 2 aromatic rings. The summed E-state index contributed by atoms with van der Waals surface area (Å²) in [7, 11) is 0. The van der Waals surface area contributed by atoms with Crippen molar-refractivity contribution in [3.05, 3.63) is 57.6 Å². The number of halogens is 4. The lowest BCUT2D eigenvalue weighted by atomic mass is 10.2. The molecule has 0 saturated heterocycles. The summed E-state index contributed by atoms with van der Waals surface area (Å²) in [6, 6.07) is 6.07. The molecule has 0 bridgehead atoms. The minimum Gasteiger partial charge on any atom is -0.396 e. The van der Waals surface area contributed by atoms with Crippen LogP contribution >= 0.6 is 23.2 Å². The molecule has 0 saturated carbocycles. The Bertz CT molecular complexity index is 672. The van der Waals surface area contributed by atoms with E-state index in [2.05, 4.69) is 5.32 Å². The Morgan fingerprint density at radius 3 is 2.30 bits per heavy atom. The zero-order valence-corrected chi connectivity index (χ0v) is 11.4. The van der Waals surface area contributed by atoms with E-state index >= 15 is 0 Å². The minimum atomic E-state index is -0.951. The Kier molecular flexibility index (Phi) is 4.11. The number of nitrogens with two attached hydrogens (primary N) is 1. The smallest absolute Gasteiger partial charge is 0.258 e. The summed E-state index contributed by atoms with van der Waals surface area (Å²) in [6.45, 7) is 0. The number of hydrogen-bond donors (Lipinski definition) is 2. The van der Waals surface area contributed by atoms with E-state index in [0.717, 1.165) is 6.07 Å². The van der Waals surface area contributed by atoms with Crippen LogP contribution in [0.4, 0.5) is 20.2 Å². The van der Waals surface area contributed by atoms with Gasteiger partial charge in [-0.2, -0.15) is 0 Å². The summed E-state index contributed by atoms with van der Waals surface area (Å²) >= 11 is 11.7. The number of hydrogen-bond acceptors (Lipinski definition) is 2. The third-order valence-electron chi connectivity index (χ3n) is 2.52. The highest BCUT2D eigenvalue weighted by Crippen LogP contribution is 2.27. The molecule has 0 aliphatic heterocycles. The lowest BCUT2D eigenvalue weighted by Crippen LogP contribution is -2.14. The van der Waals surface area contributed by atoms with Crippen LogP contribution in [-0.4, -0.2) is 5.91 Å². The van der Waals surface area contributed by atoms with Crippen molar-refractivity contribution >= 4 is 40.5 Å². The van der Waals surface area contributed by atoms with Gasteiger partial charge in [0.15, 0.2) is 0 Å². The summed E-state index contributed by atoms with van der Waals surface area (Å²) < 4.78 is 26.6. The molecule has 20 heavy (non-hydrogen) atoms. The predicted octanol–water partition coefficient (Wildman–Crippen LogP) is 4.11. The van der Waals surface area contributed by atoms with Crippen molar-refractivity contribution in [2.24, 2.45) is 0 Å². The Hall–Kier alpha value is -1.85. The van der Waals surface area contributed by atoms with Gasteiger partial charge in [-0.1, -0.05) is 29.3 Å². The first-order valence-electron chi connectivity index (χ1n) is 5.40. The van der Waals surface area contributed by atoms with E-state index < -0.39 is 17.5 Å². The molecule has 0 fully saturated rings. The largest absolute Gasteiger partial charge is 0.396 e. The van der Waals surface area contributed by atoms with E-state index in [4.69, 9.17) is 28.9 Å². The molecular formula is C13H8Cl2F2N2O. The number of anilines is 2. The van der Waals surface area contributed by atoms with Crippen LogP contribution in [0, 0.1) is 11.6 Å². The summed E-state index contributed by atoms with van der Waals surface area (Å²) in [5.74, 6) is -2.57. The SMILES string of the molecule is Nc1cc(NC(=O)c2c(Cl)cccc2Cl)c(F)cc1F. The predicted molar refractivity (Wildman–Crippen MR) is 75.2 cm³/mol. The van der Waals surface area contributed by atoms with E-state index in [0.29, 0.717) is 6.07 Å². The maximum absolute atomic E-state index is 13.5. The van der Waals surface area contributed by atoms with Gasteiger partial charge < -0.3 is 11.1 Å². The van der Waals surface area contributed by atoms with Gasteiger partial charge in [0.1, 0.15) is 11.6 Å². The lowest BCUT2D eigenvalue weighted by molar-refractivity contribution is 0.102. The Labute approximate surface area is 123 Å². The minimum absolute atomic E-state index is 0.00173. The van der Waals surface area contributed by atoms with Crippen molar-refractivity contribution in [3.8, 4) is 0 Å². The van der Waals surface area contributed by atoms with Gasteiger partial charge in [-0.15, -0.1) is 0 Å². The molecule has 7 heteroatoms. The Morgan fingerprint density at radius 1 is 1.10 bits per heavy atom. The van der Waals surface area contributed by atoms with Crippen LogP contribution in [0.25, 0.3) is 0 Å². The lowest BCUT2D eigenvalue weighted by Gasteiger charge is -2.10. The second-order valence-electron chi connectivity index (χ2n) is 3.90. The summed E-state index contributed by atoms with van der Waals surface area (Å²) in [5, 5.41) is 2.48. The van der Waals surface area contributed by atoms with Gasteiger partial charge in [-0.05, 0) is 18.2 Å². The zero-order chi connectivity index (χ0) is 14.9. The number of amides is 1. The molecule has 3 nitrogen and oxygen atoms in total. The quantitative estimate of drug-likeness (QED) is 0.819. The van der Waals surface area contributed by atoms with Gasteiger partial charge in [0.25, 0.3) is 5.91 Å². The molecule has 0 spiro atoms. The van der Waals surface area contributed by atoms with Crippen molar-refractivity contribution in [3.63, 3.8) is 0 Å². The van der Waals surface area contributed by atoms with E-state index in [-0.39, 0.29) is 27.0 Å². The van der Waals surface area contributed by atoms with Gasteiger partial charge in [-0.25, -0.2) is 8.78 Å². The highest BCUT2D eigenvalue weighted by atomic mass is 35.5. The van der Waals surface area contributed by atoms with Crippen LogP contribution in [0.1, 0.15) is 10.4 Å². The zero-order valence-electron chi connectivity index (χ0n) is 9.88. The van der Waals surface area contributed by atoms with Gasteiger partial charge in [0.2, 0.25) is 0 Å². The number of carbonyl (C=O) groups excluding carboxylic acids is 1. The fraction of sp³-hybridized carbons (Fsp3) is 0. The number of nitrogens with one attached hydrogen (secondary N) is 1. The van der Waals surface area contributed by atoms with Crippen LogP contribution in [0.15, 0.2) is 30.3 Å². The number of rotatable bonds is 2. The second-order valence-corrected chi connectivity index (χ2v) is 4.72. The molecule has 3 N–H and O–H groups in total. The van der Waals surface area contributed by atoms with E-state index in [1.165, 1.54) is 12.1 Å². The van der Waals surface area contributed by atoms with Crippen molar-refractivity contribution in [1.82, 2.24) is 0 Å². The average Bonchev–Trinajstić information content (AvgIpc) is 2.35. The molecule has 2 aromatic carbocycles. The first-order chi connectivity index (χ1) is 9.40. The van der Waals surface area contributed by atoms with Crippen molar-refractivity contribution in [2.45, 2.75) is 0 Å². The van der Waals surface area contributed by atoms with E-state index in [1.54, 1.807) is 6.07 Å². The molecule has 1 amide bonds. The monoisotopic (exact) mass is 316 g/mol. The molecule has 0 atom stereocenters. The molecule has 0 aliphatic carbocycles. The fourth-order valence-electron chi connectivity index (χ4n) is 1.56. The number of nitrogen functional groups attached to an aromatic ring is 1. The molecule has 104 valence electrons. The Morgan fingerprint density at radius 2 is 1.70 bits per heavy atom. The van der Waals surface area contributed by atoms with E-state index in [1.807, 2.05) is 0 Å². The summed E-state index contributed by atoms with van der Waals surface area (Å²) in [4.78, 5) is 12.0. The molecule has 0 aliphatic rings. The highest BCUT2D eigenvalue weighted by molar-refractivity contribution is 6.40. The molecule has 2 rings (SSSR count). The summed E-state index contributed by atoms with van der Waals surface area (Å²) in [5.41, 5.74) is 4.77. The van der Waals surface area contributed by atoms with Crippen LogP contribution in [0.5, 0.6) is 0 Å². The normalized spacial score (nSPS) is 10.4. The number of benzene rings is 2. The van der Waals surface area contributed by atoms with Crippen molar-refractivity contribution < 1.29 is 13.6 Å². The first kappa shape index (κ1) is 14.6. The maximum atomic E-state index is 13.5. The summed E-state index contributed by atoms with van der Waals surface area (Å²) in [6.07, 6.45) is 0. The Balaban J connectivity index is 2.35.